The third-order valence-electron chi connectivity index (χ3n) is 3.76. The van der Waals surface area contributed by atoms with Crippen LogP contribution in [0.3, 0.4) is 0 Å². The molecule has 0 saturated carbocycles. The number of halogens is 1. The Balaban J connectivity index is 2.06. The average molecular weight is 303 g/mol. The van der Waals surface area contributed by atoms with E-state index in [1.807, 2.05) is 24.3 Å². The van der Waals surface area contributed by atoms with Gasteiger partial charge < -0.3 is 4.74 Å². The molecule has 0 N–H and O–H groups in total. The van der Waals surface area contributed by atoms with E-state index in [1.54, 1.807) is 7.11 Å². The molecule has 1 aromatic carbocycles. The minimum absolute atomic E-state index is 0.189. The lowest BCUT2D eigenvalue weighted by molar-refractivity contribution is 0.394. The summed E-state index contributed by atoms with van der Waals surface area (Å²) < 4.78 is 28.3. The molecule has 0 bridgehead atoms. The molecule has 0 aromatic heterocycles. The highest BCUT2D eigenvalue weighted by molar-refractivity contribution is 7.91. The zero-order chi connectivity index (χ0) is 13.9. The summed E-state index contributed by atoms with van der Waals surface area (Å²) in [5, 5.41) is 0. The molecule has 3 nitrogen and oxygen atoms in total. The van der Waals surface area contributed by atoms with E-state index in [4.69, 9.17) is 16.3 Å². The summed E-state index contributed by atoms with van der Waals surface area (Å²) in [5.74, 6) is 2.32. The van der Waals surface area contributed by atoms with E-state index >= 15 is 0 Å². The summed E-state index contributed by atoms with van der Waals surface area (Å²) in [7, 11) is -1.20. The molecule has 2 unspecified atom stereocenters. The molecule has 0 spiro atoms. The molecule has 2 atom stereocenters. The summed E-state index contributed by atoms with van der Waals surface area (Å²) in [6, 6.07) is 7.87. The van der Waals surface area contributed by atoms with Crippen molar-refractivity contribution in [3.05, 3.63) is 29.8 Å². The molecule has 0 amide bonds. The third-order valence-corrected chi connectivity index (χ3v) is 5.95. The second-order valence-corrected chi connectivity index (χ2v) is 7.67. The van der Waals surface area contributed by atoms with Crippen LogP contribution in [0.15, 0.2) is 24.3 Å². The number of ether oxygens (including phenoxy) is 1. The first-order chi connectivity index (χ1) is 9.04. The van der Waals surface area contributed by atoms with E-state index in [9.17, 15) is 8.42 Å². The van der Waals surface area contributed by atoms with Crippen LogP contribution in [0, 0.1) is 11.8 Å². The maximum Gasteiger partial charge on any atom is 0.150 e. The predicted octanol–water partition coefficient (Wildman–Crippen LogP) is 2.53. The Morgan fingerprint density at radius 1 is 1.47 bits per heavy atom. The molecular weight excluding hydrogens is 284 g/mol. The predicted molar refractivity (Wildman–Crippen MR) is 77.7 cm³/mol. The lowest BCUT2D eigenvalue weighted by Gasteiger charge is -2.20. The number of sulfone groups is 1. The molecule has 0 aliphatic carbocycles. The van der Waals surface area contributed by atoms with Crippen LogP contribution >= 0.6 is 11.6 Å². The largest absolute Gasteiger partial charge is 0.497 e. The Morgan fingerprint density at radius 3 is 2.84 bits per heavy atom. The van der Waals surface area contributed by atoms with Crippen molar-refractivity contribution in [1.29, 1.82) is 0 Å². The van der Waals surface area contributed by atoms with Gasteiger partial charge in [-0.3, -0.25) is 0 Å². The molecule has 1 saturated heterocycles. The minimum Gasteiger partial charge on any atom is -0.497 e. The van der Waals surface area contributed by atoms with Gasteiger partial charge in [0.2, 0.25) is 0 Å². The maximum atomic E-state index is 11.6. The number of methoxy groups -OCH3 is 1. The van der Waals surface area contributed by atoms with Crippen molar-refractivity contribution in [3.8, 4) is 5.75 Å². The van der Waals surface area contributed by atoms with Crippen molar-refractivity contribution < 1.29 is 13.2 Å². The summed E-state index contributed by atoms with van der Waals surface area (Å²) in [6.45, 7) is 0. The molecule has 1 aliphatic rings. The molecule has 1 heterocycles. The molecule has 1 aromatic rings. The highest BCUT2D eigenvalue weighted by Crippen LogP contribution is 2.30. The van der Waals surface area contributed by atoms with Crippen LogP contribution in [0.1, 0.15) is 12.0 Å². The molecule has 19 heavy (non-hydrogen) atoms. The number of hydrogen-bond donors (Lipinski definition) is 0. The van der Waals surface area contributed by atoms with Crippen molar-refractivity contribution in [2.45, 2.75) is 12.8 Å². The average Bonchev–Trinajstić information content (AvgIpc) is 2.76. The monoisotopic (exact) mass is 302 g/mol. The van der Waals surface area contributed by atoms with Gasteiger partial charge in [-0.05, 0) is 42.4 Å². The van der Waals surface area contributed by atoms with Crippen molar-refractivity contribution in [3.63, 3.8) is 0 Å². The summed E-state index contributed by atoms with van der Waals surface area (Å²) in [4.78, 5) is 0. The van der Waals surface area contributed by atoms with Crippen molar-refractivity contribution in [1.82, 2.24) is 0 Å². The van der Waals surface area contributed by atoms with Crippen LogP contribution in [-0.2, 0) is 16.3 Å². The zero-order valence-corrected chi connectivity index (χ0v) is 12.6. The smallest absolute Gasteiger partial charge is 0.150 e. The number of benzene rings is 1. The van der Waals surface area contributed by atoms with Crippen LogP contribution in [-0.4, -0.2) is 32.9 Å². The second-order valence-electron chi connectivity index (χ2n) is 5.13. The molecule has 106 valence electrons. The first-order valence-corrected chi connectivity index (χ1v) is 8.79. The van der Waals surface area contributed by atoms with Crippen LogP contribution in [0.5, 0.6) is 5.75 Å². The van der Waals surface area contributed by atoms with E-state index in [-0.39, 0.29) is 17.6 Å². The van der Waals surface area contributed by atoms with Crippen molar-refractivity contribution >= 4 is 21.4 Å². The highest BCUT2D eigenvalue weighted by Gasteiger charge is 2.33. The number of alkyl halides is 1. The van der Waals surface area contributed by atoms with Gasteiger partial charge in [-0.2, -0.15) is 0 Å². The SMILES string of the molecule is COc1cccc(CC(CCl)C2CCS(=O)(=O)C2)c1. The Bertz CT molecular complexity index is 527. The lowest BCUT2D eigenvalue weighted by atomic mass is 9.88. The summed E-state index contributed by atoms with van der Waals surface area (Å²) in [5.41, 5.74) is 1.15. The van der Waals surface area contributed by atoms with E-state index in [2.05, 4.69) is 0 Å². The molecule has 0 radical (unpaired) electrons. The Hall–Kier alpha value is -0.740. The Labute approximate surface area is 119 Å². The van der Waals surface area contributed by atoms with Gasteiger partial charge >= 0.3 is 0 Å². The summed E-state index contributed by atoms with van der Waals surface area (Å²) in [6.07, 6.45) is 1.55. The first kappa shape index (κ1) is 14.7. The van der Waals surface area contributed by atoms with Crippen LogP contribution in [0.25, 0.3) is 0 Å². The van der Waals surface area contributed by atoms with Gasteiger partial charge in [0.25, 0.3) is 0 Å². The Morgan fingerprint density at radius 2 is 2.26 bits per heavy atom. The van der Waals surface area contributed by atoms with Gasteiger partial charge in [-0.15, -0.1) is 11.6 Å². The minimum atomic E-state index is -2.84. The molecule has 1 aliphatic heterocycles. The van der Waals surface area contributed by atoms with Gasteiger partial charge in [0.1, 0.15) is 5.75 Å². The van der Waals surface area contributed by atoms with Gasteiger partial charge in [-0.25, -0.2) is 8.42 Å². The van der Waals surface area contributed by atoms with Crippen LogP contribution in [0.4, 0.5) is 0 Å². The zero-order valence-electron chi connectivity index (χ0n) is 11.0. The normalized spacial score (nSPS) is 23.2. The fourth-order valence-corrected chi connectivity index (χ4v) is 4.93. The topological polar surface area (TPSA) is 43.4 Å². The fourth-order valence-electron chi connectivity index (χ4n) is 2.64. The van der Waals surface area contributed by atoms with Crippen LogP contribution in [0.2, 0.25) is 0 Å². The van der Waals surface area contributed by atoms with Gasteiger partial charge in [0, 0.05) is 5.88 Å². The van der Waals surface area contributed by atoms with Gasteiger partial charge in [-0.1, -0.05) is 12.1 Å². The molecule has 5 heteroatoms. The van der Waals surface area contributed by atoms with Crippen molar-refractivity contribution in [2.24, 2.45) is 11.8 Å². The summed E-state index contributed by atoms with van der Waals surface area (Å²) >= 11 is 6.04. The highest BCUT2D eigenvalue weighted by atomic mass is 35.5. The maximum absolute atomic E-state index is 11.6. The lowest BCUT2D eigenvalue weighted by Crippen LogP contribution is -2.20. The van der Waals surface area contributed by atoms with E-state index in [1.165, 1.54) is 0 Å². The fraction of sp³-hybridized carbons (Fsp3) is 0.571. The molecular formula is C14H19ClO3S. The Kier molecular flexibility index (Phi) is 4.74. The van der Waals surface area contributed by atoms with Crippen LogP contribution < -0.4 is 4.74 Å². The first-order valence-electron chi connectivity index (χ1n) is 6.43. The molecule has 1 fully saturated rings. The number of rotatable bonds is 5. The van der Waals surface area contributed by atoms with Gasteiger partial charge in [0.05, 0.1) is 18.6 Å². The second kappa shape index (κ2) is 6.14. The van der Waals surface area contributed by atoms with Gasteiger partial charge in [0.15, 0.2) is 9.84 Å². The third kappa shape index (κ3) is 3.86. The van der Waals surface area contributed by atoms with Crippen molar-refractivity contribution in [2.75, 3.05) is 24.5 Å². The quantitative estimate of drug-likeness (QED) is 0.785. The van der Waals surface area contributed by atoms with E-state index < -0.39 is 9.84 Å². The number of hydrogen-bond acceptors (Lipinski definition) is 3. The van der Waals surface area contributed by atoms with E-state index in [0.717, 1.165) is 24.2 Å². The van der Waals surface area contributed by atoms with E-state index in [0.29, 0.717) is 11.6 Å². The molecule has 2 rings (SSSR count). The standard InChI is InChI=1S/C14H19ClO3S/c1-18-14-4-2-3-11(8-14)7-13(9-15)12-5-6-19(16,17)10-12/h2-4,8,12-13H,5-7,9-10H2,1H3.